The van der Waals surface area contributed by atoms with Gasteiger partial charge in [-0.25, -0.2) is 18.3 Å². The molecule has 0 bridgehead atoms. The topological polar surface area (TPSA) is 107 Å². The summed E-state index contributed by atoms with van der Waals surface area (Å²) in [6.45, 7) is 15.5. The molecule has 1 unspecified atom stereocenters. The van der Waals surface area contributed by atoms with Crippen LogP contribution < -0.4 is 14.4 Å². The van der Waals surface area contributed by atoms with Crippen molar-refractivity contribution in [2.24, 2.45) is 5.41 Å². The highest BCUT2D eigenvalue weighted by Crippen LogP contribution is 2.53. The monoisotopic (exact) mass is 815 g/mol. The zero-order chi connectivity index (χ0) is 41.1. The summed E-state index contributed by atoms with van der Waals surface area (Å²) in [6, 6.07) is 6.63. The van der Waals surface area contributed by atoms with Gasteiger partial charge in [0, 0.05) is 67.6 Å². The van der Waals surface area contributed by atoms with E-state index >= 15 is 0 Å². The van der Waals surface area contributed by atoms with Crippen LogP contribution in [0.2, 0.25) is 0 Å². The summed E-state index contributed by atoms with van der Waals surface area (Å²) in [6.07, 6.45) is 7.13. The fourth-order valence-electron chi connectivity index (χ4n) is 9.70. The van der Waals surface area contributed by atoms with Crippen LogP contribution in [0.5, 0.6) is 11.8 Å². The molecule has 1 saturated carbocycles. The van der Waals surface area contributed by atoms with Crippen LogP contribution in [0.1, 0.15) is 109 Å². The quantitative estimate of drug-likeness (QED) is 0.154. The SMILES string of the molecule is CCN1CCC(Oc2nc(N3CCC4(CC3)CN(C(=O)OC(C)(C)C)C4)c3cc(C4CC4)c(-c4c(C)ccc5c4cnn5C4CCCCO4)c(OCC(F)F)c3n2)CC1. The van der Waals surface area contributed by atoms with E-state index in [0.717, 1.165) is 135 Å². The Morgan fingerprint density at radius 3 is 2.41 bits per heavy atom. The van der Waals surface area contributed by atoms with Crippen LogP contribution in [-0.4, -0.2) is 113 Å². The van der Waals surface area contributed by atoms with Crippen molar-refractivity contribution >= 4 is 33.7 Å². The smallest absolute Gasteiger partial charge is 0.410 e. The third-order valence-electron chi connectivity index (χ3n) is 13.1. The number of aromatic nitrogens is 4. The van der Waals surface area contributed by atoms with E-state index in [0.29, 0.717) is 31.0 Å². The van der Waals surface area contributed by atoms with Crippen LogP contribution in [0.25, 0.3) is 32.9 Å². The maximum absolute atomic E-state index is 14.3. The van der Waals surface area contributed by atoms with Gasteiger partial charge in [0.1, 0.15) is 29.6 Å². The van der Waals surface area contributed by atoms with Gasteiger partial charge < -0.3 is 33.6 Å². The largest absolute Gasteiger partial charge is 0.485 e. The molecule has 5 aliphatic rings. The summed E-state index contributed by atoms with van der Waals surface area (Å²) in [7, 11) is 0. The second kappa shape index (κ2) is 15.9. The van der Waals surface area contributed by atoms with Gasteiger partial charge in [-0.2, -0.15) is 15.1 Å². The molecule has 6 heterocycles. The summed E-state index contributed by atoms with van der Waals surface area (Å²) in [5.74, 6) is 1.32. The molecular formula is C45H59F2N7O5. The molecule has 0 radical (unpaired) electrons. The van der Waals surface area contributed by atoms with Crippen molar-refractivity contribution in [2.75, 3.05) is 63.9 Å². The summed E-state index contributed by atoms with van der Waals surface area (Å²) in [5, 5.41) is 6.58. The van der Waals surface area contributed by atoms with Gasteiger partial charge in [-0.3, -0.25) is 0 Å². The van der Waals surface area contributed by atoms with Crippen molar-refractivity contribution in [3.63, 3.8) is 0 Å². The number of rotatable bonds is 10. The molecule has 4 saturated heterocycles. The van der Waals surface area contributed by atoms with E-state index in [1.54, 1.807) is 4.90 Å². The highest BCUT2D eigenvalue weighted by molar-refractivity contribution is 6.06. The average Bonchev–Trinajstić information content (AvgIpc) is 3.97. The Bertz CT molecular complexity index is 2170. The molecule has 2 aromatic heterocycles. The minimum Gasteiger partial charge on any atom is -0.485 e. The summed E-state index contributed by atoms with van der Waals surface area (Å²) >= 11 is 0. The number of carbonyl (C=O) groups excluding carboxylic acids is 1. The maximum atomic E-state index is 14.3. The number of piperidine rings is 2. The van der Waals surface area contributed by atoms with Crippen LogP contribution in [0.15, 0.2) is 24.4 Å². The first-order chi connectivity index (χ1) is 28.4. The molecule has 4 aromatic rings. The minimum atomic E-state index is -2.69. The molecule has 9 rings (SSSR count). The van der Waals surface area contributed by atoms with Crippen molar-refractivity contribution in [1.29, 1.82) is 0 Å². The fraction of sp³-hybridized carbons (Fsp3) is 0.644. The van der Waals surface area contributed by atoms with E-state index in [1.165, 1.54) is 0 Å². The first-order valence-electron chi connectivity index (χ1n) is 21.9. The molecular weight excluding hydrogens is 757 g/mol. The number of halogens is 2. The van der Waals surface area contributed by atoms with Gasteiger partial charge in [0.15, 0.2) is 12.0 Å². The number of alkyl halides is 2. The first-order valence-corrected chi connectivity index (χ1v) is 21.9. The van der Waals surface area contributed by atoms with Crippen LogP contribution in [0.3, 0.4) is 0 Å². The highest BCUT2D eigenvalue weighted by atomic mass is 19.3. The third kappa shape index (κ3) is 8.15. The van der Waals surface area contributed by atoms with Gasteiger partial charge in [0.2, 0.25) is 0 Å². The van der Waals surface area contributed by atoms with Crippen molar-refractivity contribution in [2.45, 2.75) is 123 Å². The van der Waals surface area contributed by atoms with E-state index in [4.69, 9.17) is 34.0 Å². The van der Waals surface area contributed by atoms with Gasteiger partial charge in [0.25, 0.3) is 6.43 Å². The van der Waals surface area contributed by atoms with E-state index < -0.39 is 18.6 Å². The lowest BCUT2D eigenvalue weighted by molar-refractivity contribution is -0.0434. The van der Waals surface area contributed by atoms with E-state index in [1.807, 2.05) is 31.6 Å². The van der Waals surface area contributed by atoms with Crippen molar-refractivity contribution in [1.82, 2.24) is 29.5 Å². The molecule has 0 N–H and O–H groups in total. The maximum Gasteiger partial charge on any atom is 0.410 e. The summed E-state index contributed by atoms with van der Waals surface area (Å²) in [5.41, 5.74) is 4.68. The van der Waals surface area contributed by atoms with Crippen LogP contribution >= 0.6 is 0 Å². The molecule has 1 atom stereocenters. The van der Waals surface area contributed by atoms with Gasteiger partial charge in [0.05, 0.1) is 11.7 Å². The van der Waals surface area contributed by atoms with E-state index in [-0.39, 0.29) is 35.8 Å². The Hall–Kier alpha value is -4.30. The number of anilines is 1. The number of aryl methyl sites for hydroxylation is 1. The lowest BCUT2D eigenvalue weighted by Crippen LogP contribution is -2.62. The molecule has 1 amide bonds. The number of ether oxygens (including phenoxy) is 4. The van der Waals surface area contributed by atoms with Crippen LogP contribution in [-0.2, 0) is 9.47 Å². The Kier molecular flexibility index (Phi) is 10.8. The molecule has 1 spiro atoms. The van der Waals surface area contributed by atoms with Crippen LogP contribution in [0, 0.1) is 12.3 Å². The summed E-state index contributed by atoms with van der Waals surface area (Å²) < 4.78 is 55.4. The molecule has 5 fully saturated rings. The van der Waals surface area contributed by atoms with Crippen molar-refractivity contribution in [3.8, 4) is 22.9 Å². The Balaban J connectivity index is 1.15. The van der Waals surface area contributed by atoms with Crippen molar-refractivity contribution < 1.29 is 32.5 Å². The lowest BCUT2D eigenvalue weighted by atomic mass is 9.72. The molecule has 4 aliphatic heterocycles. The predicted molar refractivity (Wildman–Crippen MR) is 223 cm³/mol. The molecule has 14 heteroatoms. The second-order valence-electron chi connectivity index (χ2n) is 18.5. The zero-order valence-corrected chi connectivity index (χ0v) is 35.3. The normalized spacial score (nSPS) is 21.7. The molecule has 12 nitrogen and oxygen atoms in total. The zero-order valence-electron chi connectivity index (χ0n) is 35.3. The van der Waals surface area contributed by atoms with E-state index in [2.05, 4.69) is 41.8 Å². The van der Waals surface area contributed by atoms with Crippen molar-refractivity contribution in [3.05, 3.63) is 35.5 Å². The van der Waals surface area contributed by atoms with Gasteiger partial charge in [-0.15, -0.1) is 0 Å². The van der Waals surface area contributed by atoms with Crippen LogP contribution in [0.4, 0.5) is 19.4 Å². The Morgan fingerprint density at radius 1 is 0.983 bits per heavy atom. The number of fused-ring (bicyclic) bond motifs is 2. The number of hydrogen-bond acceptors (Lipinski definition) is 10. The Labute approximate surface area is 345 Å². The third-order valence-corrected chi connectivity index (χ3v) is 13.1. The summed E-state index contributed by atoms with van der Waals surface area (Å²) in [4.78, 5) is 29.6. The molecule has 59 heavy (non-hydrogen) atoms. The number of hydrogen-bond donors (Lipinski definition) is 0. The molecule has 1 aliphatic carbocycles. The number of nitrogens with zero attached hydrogens (tertiary/aromatic N) is 7. The fourth-order valence-corrected chi connectivity index (χ4v) is 9.70. The second-order valence-corrected chi connectivity index (χ2v) is 18.5. The number of likely N-dealkylation sites (tertiary alicyclic amines) is 2. The predicted octanol–water partition coefficient (Wildman–Crippen LogP) is 8.88. The van der Waals surface area contributed by atoms with Gasteiger partial charge in [-0.1, -0.05) is 13.0 Å². The highest BCUT2D eigenvalue weighted by Gasteiger charge is 2.48. The number of benzene rings is 2. The van der Waals surface area contributed by atoms with E-state index in [9.17, 15) is 13.6 Å². The molecule has 318 valence electrons. The average molecular weight is 816 g/mol. The standard InChI is InChI=1S/C45H59F2N7O5/c1-6-51-18-14-30(15-19-51)58-42-49-39-32(41(50-42)52-20-16-45(17-21-52)26-53(27-45)43(55)59-44(3,4)5)23-31(29-11-12-29)38(40(39)57-25-35(46)47)37-28(2)10-13-34-33(37)24-48-54(34)36-9-7-8-22-56-36/h10,13,23-24,29-30,35-36H,6-9,11-12,14-22,25-27H2,1-5H3. The number of carbonyl (C=O) groups is 1. The van der Waals surface area contributed by atoms with Gasteiger partial charge >= 0.3 is 12.1 Å². The number of amides is 1. The Morgan fingerprint density at radius 2 is 1.75 bits per heavy atom. The molecule has 2 aromatic carbocycles. The minimum absolute atomic E-state index is 0.0179. The first kappa shape index (κ1) is 40.1. The lowest BCUT2D eigenvalue weighted by Gasteiger charge is -2.53. The van der Waals surface area contributed by atoms with Gasteiger partial charge in [-0.05, 0) is 127 Å².